The van der Waals surface area contributed by atoms with Crippen LogP contribution in [0.25, 0.3) is 10.9 Å². The Balaban J connectivity index is 2.49. The lowest BCUT2D eigenvalue weighted by atomic mass is 10.1. The number of nitrogens with zero attached hydrogens (tertiary/aromatic N) is 3. The van der Waals surface area contributed by atoms with Crippen molar-refractivity contribution in [3.05, 3.63) is 30.3 Å². The van der Waals surface area contributed by atoms with Crippen LogP contribution in [0.4, 0.5) is 10.2 Å². The average molecular weight is 275 g/mol. The Labute approximate surface area is 119 Å². The van der Waals surface area contributed by atoms with Gasteiger partial charge in [0.1, 0.15) is 23.5 Å². The molecule has 0 fully saturated rings. The Hall–Kier alpha value is -1.71. The number of hydrogen-bond donors (Lipinski definition) is 0. The summed E-state index contributed by atoms with van der Waals surface area (Å²) in [4.78, 5) is 10.7. The van der Waals surface area contributed by atoms with Crippen LogP contribution in [-0.4, -0.2) is 23.1 Å². The highest BCUT2D eigenvalue weighted by atomic mass is 19.1. The summed E-state index contributed by atoms with van der Waals surface area (Å²) in [6.45, 7) is 10.5. The second-order valence-electron chi connectivity index (χ2n) is 6.03. The molecule has 108 valence electrons. The molecule has 20 heavy (non-hydrogen) atoms. The van der Waals surface area contributed by atoms with Crippen LogP contribution in [-0.2, 0) is 0 Å². The van der Waals surface area contributed by atoms with E-state index < -0.39 is 0 Å². The molecule has 0 unspecified atom stereocenters. The number of rotatable bonds is 5. The van der Waals surface area contributed by atoms with Gasteiger partial charge in [0.2, 0.25) is 0 Å². The van der Waals surface area contributed by atoms with Gasteiger partial charge in [0.15, 0.2) is 0 Å². The van der Waals surface area contributed by atoms with Crippen molar-refractivity contribution in [3.8, 4) is 0 Å². The van der Waals surface area contributed by atoms with E-state index in [9.17, 15) is 4.39 Å². The van der Waals surface area contributed by atoms with E-state index in [-0.39, 0.29) is 5.82 Å². The molecule has 1 heterocycles. The Morgan fingerprint density at radius 1 is 1.05 bits per heavy atom. The summed E-state index contributed by atoms with van der Waals surface area (Å²) in [5.74, 6) is 1.58. The maximum Gasteiger partial charge on any atom is 0.149 e. The van der Waals surface area contributed by atoms with E-state index in [1.54, 1.807) is 6.07 Å². The highest BCUT2D eigenvalue weighted by molar-refractivity contribution is 5.89. The van der Waals surface area contributed by atoms with Gasteiger partial charge in [-0.15, -0.1) is 0 Å². The summed E-state index contributed by atoms with van der Waals surface area (Å²) in [5, 5.41) is 0.786. The molecule has 0 bridgehead atoms. The van der Waals surface area contributed by atoms with Crippen LogP contribution in [0, 0.1) is 17.7 Å². The molecule has 0 aliphatic carbocycles. The maximum atomic E-state index is 13.8. The van der Waals surface area contributed by atoms with Crippen molar-refractivity contribution < 1.29 is 4.39 Å². The lowest BCUT2D eigenvalue weighted by Gasteiger charge is -2.28. The second-order valence-corrected chi connectivity index (χ2v) is 6.03. The molecule has 0 atom stereocenters. The first-order valence-electron chi connectivity index (χ1n) is 7.13. The molecule has 1 aromatic carbocycles. The zero-order valence-corrected chi connectivity index (χ0v) is 12.6. The fraction of sp³-hybridized carbons (Fsp3) is 0.500. The molecular formula is C16H22FN3. The minimum atomic E-state index is -0.291. The molecule has 3 nitrogen and oxygen atoms in total. The van der Waals surface area contributed by atoms with Gasteiger partial charge in [0.05, 0.1) is 0 Å². The molecular weight excluding hydrogens is 253 g/mol. The van der Waals surface area contributed by atoms with Crippen LogP contribution in [0.15, 0.2) is 24.5 Å². The summed E-state index contributed by atoms with van der Waals surface area (Å²) >= 11 is 0. The van der Waals surface area contributed by atoms with Gasteiger partial charge in [-0.2, -0.15) is 0 Å². The highest BCUT2D eigenvalue weighted by Gasteiger charge is 2.16. The molecule has 2 rings (SSSR count). The number of halogens is 1. The van der Waals surface area contributed by atoms with Crippen molar-refractivity contribution in [2.45, 2.75) is 27.7 Å². The van der Waals surface area contributed by atoms with E-state index in [0.717, 1.165) is 24.3 Å². The summed E-state index contributed by atoms with van der Waals surface area (Å²) < 4.78 is 13.8. The Kier molecular flexibility index (Phi) is 4.53. The molecule has 0 aliphatic rings. The Bertz CT molecular complexity index is 571. The van der Waals surface area contributed by atoms with E-state index in [2.05, 4.69) is 42.6 Å². The summed E-state index contributed by atoms with van der Waals surface area (Å²) in [5.41, 5.74) is 0.398. The average Bonchev–Trinajstić information content (AvgIpc) is 2.37. The molecule has 0 spiro atoms. The molecule has 0 amide bonds. The molecule has 2 aromatic rings. The van der Waals surface area contributed by atoms with Gasteiger partial charge in [-0.05, 0) is 24.0 Å². The van der Waals surface area contributed by atoms with Crippen LogP contribution in [0.2, 0.25) is 0 Å². The van der Waals surface area contributed by atoms with Crippen LogP contribution in [0.5, 0.6) is 0 Å². The molecule has 0 saturated heterocycles. The lowest BCUT2D eigenvalue weighted by Crippen LogP contribution is -2.32. The fourth-order valence-corrected chi connectivity index (χ4v) is 2.42. The topological polar surface area (TPSA) is 29.0 Å². The minimum absolute atomic E-state index is 0.291. The standard InChI is InChI=1S/C16H22FN3/c1-11(2)8-20(9-12(3)4)16-13-6-5-7-14(17)15(13)18-10-19-16/h5-7,10-12H,8-9H2,1-4H3. The first kappa shape index (κ1) is 14.7. The third kappa shape index (κ3) is 3.24. The van der Waals surface area contributed by atoms with Crippen molar-refractivity contribution >= 4 is 16.7 Å². The van der Waals surface area contributed by atoms with E-state index in [1.807, 2.05) is 6.07 Å². The largest absolute Gasteiger partial charge is 0.355 e. The predicted octanol–water partition coefficient (Wildman–Crippen LogP) is 3.89. The van der Waals surface area contributed by atoms with Gasteiger partial charge in [-0.1, -0.05) is 33.8 Å². The van der Waals surface area contributed by atoms with Gasteiger partial charge in [-0.3, -0.25) is 0 Å². The van der Waals surface area contributed by atoms with Crippen molar-refractivity contribution in [1.82, 2.24) is 9.97 Å². The number of fused-ring (bicyclic) bond motifs is 1. The molecule has 4 heteroatoms. The third-order valence-corrected chi connectivity index (χ3v) is 3.07. The molecule has 1 aromatic heterocycles. The van der Waals surface area contributed by atoms with Gasteiger partial charge < -0.3 is 4.90 Å². The van der Waals surface area contributed by atoms with E-state index >= 15 is 0 Å². The number of benzene rings is 1. The zero-order chi connectivity index (χ0) is 14.7. The van der Waals surface area contributed by atoms with Crippen LogP contribution >= 0.6 is 0 Å². The number of para-hydroxylation sites is 1. The smallest absolute Gasteiger partial charge is 0.149 e. The number of anilines is 1. The van der Waals surface area contributed by atoms with Crippen LogP contribution in [0.1, 0.15) is 27.7 Å². The van der Waals surface area contributed by atoms with Crippen LogP contribution in [0.3, 0.4) is 0 Å². The van der Waals surface area contributed by atoms with Crippen molar-refractivity contribution in [3.63, 3.8) is 0 Å². The van der Waals surface area contributed by atoms with Gasteiger partial charge >= 0.3 is 0 Å². The maximum absolute atomic E-state index is 13.8. The summed E-state index contributed by atoms with van der Waals surface area (Å²) in [6, 6.07) is 5.04. The molecule has 0 saturated carbocycles. The minimum Gasteiger partial charge on any atom is -0.355 e. The van der Waals surface area contributed by atoms with Crippen LogP contribution < -0.4 is 4.90 Å². The summed E-state index contributed by atoms with van der Waals surface area (Å²) in [6.07, 6.45) is 1.45. The Morgan fingerprint density at radius 3 is 2.30 bits per heavy atom. The predicted molar refractivity (Wildman–Crippen MR) is 81.4 cm³/mol. The van der Waals surface area contributed by atoms with E-state index in [4.69, 9.17) is 0 Å². The fourth-order valence-electron chi connectivity index (χ4n) is 2.42. The first-order valence-corrected chi connectivity index (χ1v) is 7.13. The number of aromatic nitrogens is 2. The SMILES string of the molecule is CC(C)CN(CC(C)C)c1ncnc2c(F)cccc12. The quantitative estimate of drug-likeness (QED) is 0.829. The monoisotopic (exact) mass is 275 g/mol. The second kappa shape index (κ2) is 6.16. The molecule has 0 radical (unpaired) electrons. The van der Waals surface area contributed by atoms with E-state index in [0.29, 0.717) is 17.4 Å². The first-order chi connectivity index (χ1) is 9.49. The zero-order valence-electron chi connectivity index (χ0n) is 12.6. The summed E-state index contributed by atoms with van der Waals surface area (Å²) in [7, 11) is 0. The third-order valence-electron chi connectivity index (χ3n) is 3.07. The van der Waals surface area contributed by atoms with Gasteiger partial charge in [-0.25, -0.2) is 14.4 Å². The molecule has 0 aliphatic heterocycles. The number of hydrogen-bond acceptors (Lipinski definition) is 3. The molecule has 0 N–H and O–H groups in total. The highest BCUT2D eigenvalue weighted by Crippen LogP contribution is 2.25. The van der Waals surface area contributed by atoms with Gasteiger partial charge in [0, 0.05) is 18.5 Å². The van der Waals surface area contributed by atoms with Crippen molar-refractivity contribution in [2.75, 3.05) is 18.0 Å². The lowest BCUT2D eigenvalue weighted by molar-refractivity contribution is 0.549. The van der Waals surface area contributed by atoms with Gasteiger partial charge in [0.25, 0.3) is 0 Å². The van der Waals surface area contributed by atoms with Crippen molar-refractivity contribution in [1.29, 1.82) is 0 Å². The Morgan fingerprint density at radius 2 is 1.70 bits per heavy atom. The normalized spacial score (nSPS) is 11.6. The van der Waals surface area contributed by atoms with Crippen molar-refractivity contribution in [2.24, 2.45) is 11.8 Å². The van der Waals surface area contributed by atoms with E-state index in [1.165, 1.54) is 12.4 Å².